The van der Waals surface area contributed by atoms with Gasteiger partial charge in [-0.05, 0) is 42.3 Å². The monoisotopic (exact) mass is 325 g/mol. The van der Waals surface area contributed by atoms with Gasteiger partial charge >= 0.3 is 0 Å². The fourth-order valence-corrected chi connectivity index (χ4v) is 3.00. The third-order valence-electron chi connectivity index (χ3n) is 4.28. The van der Waals surface area contributed by atoms with Gasteiger partial charge in [0, 0.05) is 25.6 Å². The molecule has 3 rings (SSSR count). The number of ether oxygens (including phenoxy) is 2. The third kappa shape index (κ3) is 3.77. The van der Waals surface area contributed by atoms with Crippen molar-refractivity contribution in [2.24, 2.45) is 0 Å². The lowest BCUT2D eigenvalue weighted by molar-refractivity contribution is 0.00985. The van der Waals surface area contributed by atoms with Crippen molar-refractivity contribution in [1.29, 1.82) is 0 Å². The van der Waals surface area contributed by atoms with Crippen LogP contribution in [0.2, 0.25) is 0 Å². The smallest absolute Gasteiger partial charge is 0.253 e. The number of rotatable bonds is 5. The molecule has 0 aromatic heterocycles. The largest absolute Gasteiger partial charge is 0.494 e. The van der Waals surface area contributed by atoms with Gasteiger partial charge in [-0.2, -0.15) is 0 Å². The Morgan fingerprint density at radius 3 is 2.58 bits per heavy atom. The lowest BCUT2D eigenvalue weighted by atomic mass is 9.99. The van der Waals surface area contributed by atoms with Gasteiger partial charge in [0.2, 0.25) is 0 Å². The molecule has 0 aliphatic carbocycles. The highest BCUT2D eigenvalue weighted by atomic mass is 16.5. The second kappa shape index (κ2) is 7.49. The molecule has 0 bridgehead atoms. The van der Waals surface area contributed by atoms with E-state index in [1.54, 1.807) is 17.0 Å². The van der Waals surface area contributed by atoms with Crippen molar-refractivity contribution in [3.8, 4) is 5.75 Å². The summed E-state index contributed by atoms with van der Waals surface area (Å²) in [5, 5.41) is 0. The number of nitrogens with zero attached hydrogens (tertiary/aromatic N) is 1. The average molecular weight is 325 g/mol. The van der Waals surface area contributed by atoms with E-state index < -0.39 is 0 Å². The summed E-state index contributed by atoms with van der Waals surface area (Å²) in [6, 6.07) is 15.6. The molecule has 1 amide bonds. The molecular weight excluding hydrogens is 302 g/mol. The van der Waals surface area contributed by atoms with Crippen molar-refractivity contribution < 1.29 is 14.3 Å². The molecule has 4 heteroatoms. The van der Waals surface area contributed by atoms with Gasteiger partial charge in [0.15, 0.2) is 0 Å². The molecule has 2 aromatic rings. The Morgan fingerprint density at radius 1 is 1.17 bits per heavy atom. The molecule has 0 N–H and O–H groups in total. The first-order chi connectivity index (χ1) is 11.7. The van der Waals surface area contributed by atoms with Gasteiger partial charge in [0.1, 0.15) is 5.75 Å². The molecule has 0 fully saturated rings. The van der Waals surface area contributed by atoms with Gasteiger partial charge in [0.05, 0.1) is 19.3 Å². The van der Waals surface area contributed by atoms with E-state index >= 15 is 0 Å². The maximum Gasteiger partial charge on any atom is 0.253 e. The first-order valence-corrected chi connectivity index (χ1v) is 8.34. The topological polar surface area (TPSA) is 38.8 Å². The molecule has 2 aromatic carbocycles. The van der Waals surface area contributed by atoms with Crippen LogP contribution in [0.4, 0.5) is 0 Å². The van der Waals surface area contributed by atoms with Crippen molar-refractivity contribution in [2.45, 2.75) is 26.1 Å². The summed E-state index contributed by atoms with van der Waals surface area (Å²) in [6.45, 7) is 3.76. The normalized spacial score (nSPS) is 16.3. The number of amides is 1. The van der Waals surface area contributed by atoms with Crippen molar-refractivity contribution in [2.75, 3.05) is 20.2 Å². The SMILES string of the molecule is CCOc1ccc(C(=O)N(C)CC2Cc3ccccc3CO2)cc1. The zero-order valence-electron chi connectivity index (χ0n) is 14.2. The predicted octanol–water partition coefficient (Wildman–Crippen LogP) is 3.30. The van der Waals surface area contributed by atoms with Crippen molar-refractivity contribution in [3.63, 3.8) is 0 Å². The van der Waals surface area contributed by atoms with Crippen LogP contribution in [0.1, 0.15) is 28.4 Å². The minimum absolute atomic E-state index is 0.000470. The quantitative estimate of drug-likeness (QED) is 0.847. The van der Waals surface area contributed by atoms with Crippen molar-refractivity contribution >= 4 is 5.91 Å². The summed E-state index contributed by atoms with van der Waals surface area (Å²) in [4.78, 5) is 14.3. The summed E-state index contributed by atoms with van der Waals surface area (Å²) in [6.07, 6.45) is 0.883. The number of carbonyl (C=O) groups excluding carboxylic acids is 1. The van der Waals surface area contributed by atoms with E-state index in [0.717, 1.165) is 12.2 Å². The Balaban J connectivity index is 1.60. The van der Waals surface area contributed by atoms with Crippen LogP contribution in [-0.2, 0) is 17.8 Å². The van der Waals surface area contributed by atoms with Crippen LogP contribution in [0, 0.1) is 0 Å². The van der Waals surface area contributed by atoms with Gasteiger partial charge in [0.25, 0.3) is 5.91 Å². The highest BCUT2D eigenvalue weighted by Gasteiger charge is 2.22. The molecule has 0 radical (unpaired) electrons. The van der Waals surface area contributed by atoms with Gasteiger partial charge < -0.3 is 14.4 Å². The fourth-order valence-electron chi connectivity index (χ4n) is 3.00. The lowest BCUT2D eigenvalue weighted by Gasteiger charge is -2.29. The highest BCUT2D eigenvalue weighted by molar-refractivity contribution is 5.94. The third-order valence-corrected chi connectivity index (χ3v) is 4.28. The Morgan fingerprint density at radius 2 is 1.88 bits per heavy atom. The van der Waals surface area contributed by atoms with Crippen LogP contribution in [0.3, 0.4) is 0 Å². The maximum absolute atomic E-state index is 12.6. The summed E-state index contributed by atoms with van der Waals surface area (Å²) in [5.41, 5.74) is 3.22. The zero-order valence-corrected chi connectivity index (χ0v) is 14.2. The van der Waals surface area contributed by atoms with Crippen LogP contribution < -0.4 is 4.74 Å². The molecule has 0 spiro atoms. The number of hydrogen-bond donors (Lipinski definition) is 0. The summed E-state index contributed by atoms with van der Waals surface area (Å²) in [5.74, 6) is 0.782. The van der Waals surface area contributed by atoms with Gasteiger partial charge in [-0.1, -0.05) is 24.3 Å². The minimum atomic E-state index is 0.000470. The van der Waals surface area contributed by atoms with E-state index in [-0.39, 0.29) is 12.0 Å². The van der Waals surface area contributed by atoms with E-state index in [9.17, 15) is 4.79 Å². The van der Waals surface area contributed by atoms with Crippen LogP contribution in [-0.4, -0.2) is 37.1 Å². The molecule has 0 saturated heterocycles. The summed E-state index contributed by atoms with van der Waals surface area (Å²) >= 11 is 0. The van der Waals surface area contributed by atoms with Crippen molar-refractivity contribution in [3.05, 3.63) is 65.2 Å². The number of carbonyl (C=O) groups is 1. The number of benzene rings is 2. The molecule has 4 nitrogen and oxygen atoms in total. The van der Waals surface area contributed by atoms with E-state index in [1.807, 2.05) is 32.2 Å². The van der Waals surface area contributed by atoms with Crippen molar-refractivity contribution in [1.82, 2.24) is 4.90 Å². The van der Waals surface area contributed by atoms with E-state index in [4.69, 9.17) is 9.47 Å². The molecule has 1 atom stereocenters. The average Bonchev–Trinajstić information content (AvgIpc) is 2.62. The molecular formula is C20H23NO3. The first-order valence-electron chi connectivity index (χ1n) is 8.34. The summed E-state index contributed by atoms with van der Waals surface area (Å²) < 4.78 is 11.3. The lowest BCUT2D eigenvalue weighted by Crippen LogP contribution is -2.38. The molecule has 1 unspecified atom stereocenters. The predicted molar refractivity (Wildman–Crippen MR) is 93.3 cm³/mol. The minimum Gasteiger partial charge on any atom is -0.494 e. The maximum atomic E-state index is 12.6. The van der Waals surface area contributed by atoms with Gasteiger partial charge in [-0.25, -0.2) is 0 Å². The highest BCUT2D eigenvalue weighted by Crippen LogP contribution is 2.21. The number of fused-ring (bicyclic) bond motifs is 1. The Labute approximate surface area is 143 Å². The second-order valence-electron chi connectivity index (χ2n) is 6.05. The fraction of sp³-hybridized carbons (Fsp3) is 0.350. The number of hydrogen-bond acceptors (Lipinski definition) is 3. The molecule has 1 aliphatic rings. The first kappa shape index (κ1) is 16.5. The van der Waals surface area contributed by atoms with Crippen LogP contribution in [0.15, 0.2) is 48.5 Å². The standard InChI is InChI=1S/C20H23NO3/c1-3-23-18-10-8-15(9-11-18)20(22)21(2)13-19-12-16-6-4-5-7-17(16)14-24-19/h4-11,19H,3,12-14H2,1-2H3. The Hall–Kier alpha value is -2.33. The summed E-state index contributed by atoms with van der Waals surface area (Å²) in [7, 11) is 1.82. The number of likely N-dealkylation sites (N-methyl/N-ethyl adjacent to an activating group) is 1. The molecule has 126 valence electrons. The Kier molecular flexibility index (Phi) is 5.16. The van der Waals surface area contributed by atoms with Gasteiger partial charge in [-0.15, -0.1) is 0 Å². The molecule has 0 saturated carbocycles. The van der Waals surface area contributed by atoms with E-state index in [0.29, 0.717) is 25.3 Å². The van der Waals surface area contributed by atoms with Crippen LogP contribution in [0.25, 0.3) is 0 Å². The van der Waals surface area contributed by atoms with Crippen LogP contribution >= 0.6 is 0 Å². The molecule has 24 heavy (non-hydrogen) atoms. The van der Waals surface area contributed by atoms with E-state index in [1.165, 1.54) is 11.1 Å². The molecule has 1 aliphatic heterocycles. The zero-order chi connectivity index (χ0) is 16.9. The second-order valence-corrected chi connectivity index (χ2v) is 6.05. The Bertz CT molecular complexity index is 696. The van der Waals surface area contributed by atoms with E-state index in [2.05, 4.69) is 18.2 Å². The van der Waals surface area contributed by atoms with Crippen LogP contribution in [0.5, 0.6) is 5.75 Å². The van der Waals surface area contributed by atoms with Gasteiger partial charge in [-0.3, -0.25) is 4.79 Å². The molecule has 1 heterocycles.